The van der Waals surface area contributed by atoms with Gasteiger partial charge in [-0.3, -0.25) is 14.6 Å². The summed E-state index contributed by atoms with van der Waals surface area (Å²) in [6.45, 7) is 4.32. The zero-order valence-electron chi connectivity index (χ0n) is 15.1. The van der Waals surface area contributed by atoms with E-state index in [4.69, 9.17) is 0 Å². The molecule has 6 heteroatoms. The molecule has 1 aliphatic carbocycles. The minimum absolute atomic E-state index is 0.411. The summed E-state index contributed by atoms with van der Waals surface area (Å²) >= 11 is 0. The lowest BCUT2D eigenvalue weighted by Crippen LogP contribution is -2.51. The molecule has 2 amide bonds. The highest BCUT2D eigenvalue weighted by atomic mass is 16.3. The fourth-order valence-electron chi connectivity index (χ4n) is 3.53. The van der Waals surface area contributed by atoms with Crippen LogP contribution < -0.4 is 10.2 Å². The number of hydrogen-bond acceptors (Lipinski definition) is 4. The quantitative estimate of drug-likeness (QED) is 0.706. The minimum Gasteiger partial charge on any atom is -0.381 e. The standard InChI is InChI=1S/C19H29N3O3/c1-3-16(22(13-23)17-12-20-10-9-14(17)2)18(24)19(25)21-11-15-7-5-4-6-8-15/h9-10,12-13,15-16,18,24H,3-8,11H2,1-2H3,(H,21,25). The van der Waals surface area contributed by atoms with Gasteiger partial charge < -0.3 is 15.3 Å². The van der Waals surface area contributed by atoms with Gasteiger partial charge in [0, 0.05) is 12.7 Å². The Labute approximate surface area is 149 Å². The molecule has 1 fully saturated rings. The highest BCUT2D eigenvalue weighted by molar-refractivity contribution is 5.85. The van der Waals surface area contributed by atoms with E-state index in [9.17, 15) is 14.7 Å². The summed E-state index contributed by atoms with van der Waals surface area (Å²) in [4.78, 5) is 29.5. The second-order valence-corrected chi connectivity index (χ2v) is 6.84. The van der Waals surface area contributed by atoms with Crippen LogP contribution in [0.2, 0.25) is 0 Å². The van der Waals surface area contributed by atoms with Gasteiger partial charge in [0.1, 0.15) is 0 Å². The third kappa shape index (κ3) is 5.01. The molecule has 1 saturated carbocycles. The predicted octanol–water partition coefficient (Wildman–Crippen LogP) is 2.19. The maximum Gasteiger partial charge on any atom is 0.251 e. The summed E-state index contributed by atoms with van der Waals surface area (Å²) < 4.78 is 0. The third-order valence-electron chi connectivity index (χ3n) is 5.10. The first-order valence-corrected chi connectivity index (χ1v) is 9.18. The Kier molecular flexibility index (Phi) is 7.37. The molecular formula is C19H29N3O3. The lowest BCUT2D eigenvalue weighted by Gasteiger charge is -2.31. The van der Waals surface area contributed by atoms with Gasteiger partial charge in [-0.15, -0.1) is 0 Å². The molecule has 2 atom stereocenters. The van der Waals surface area contributed by atoms with E-state index in [-0.39, 0.29) is 0 Å². The van der Waals surface area contributed by atoms with Crippen LogP contribution in [0.3, 0.4) is 0 Å². The van der Waals surface area contributed by atoms with E-state index < -0.39 is 18.1 Å². The normalized spacial score (nSPS) is 17.6. The van der Waals surface area contributed by atoms with Crippen LogP contribution in [0.4, 0.5) is 5.69 Å². The molecule has 2 unspecified atom stereocenters. The first kappa shape index (κ1) is 19.4. The molecule has 0 spiro atoms. The van der Waals surface area contributed by atoms with Crippen molar-refractivity contribution in [3.05, 3.63) is 24.0 Å². The summed E-state index contributed by atoms with van der Waals surface area (Å²) in [7, 11) is 0. The Morgan fingerprint density at radius 1 is 1.44 bits per heavy atom. The molecule has 2 rings (SSSR count). The number of aliphatic hydroxyl groups excluding tert-OH is 1. The van der Waals surface area contributed by atoms with Crippen molar-refractivity contribution >= 4 is 18.0 Å². The van der Waals surface area contributed by atoms with Crippen LogP contribution in [0, 0.1) is 12.8 Å². The van der Waals surface area contributed by atoms with Gasteiger partial charge in [-0.05, 0) is 43.7 Å². The van der Waals surface area contributed by atoms with Crippen molar-refractivity contribution in [1.29, 1.82) is 0 Å². The van der Waals surface area contributed by atoms with Crippen LogP contribution in [-0.2, 0) is 9.59 Å². The zero-order chi connectivity index (χ0) is 18.2. The summed E-state index contributed by atoms with van der Waals surface area (Å²) in [5.74, 6) is 0.0820. The topological polar surface area (TPSA) is 82.5 Å². The van der Waals surface area contributed by atoms with Gasteiger partial charge >= 0.3 is 0 Å². The molecule has 0 saturated heterocycles. The van der Waals surface area contributed by atoms with E-state index in [1.165, 1.54) is 24.2 Å². The Hall–Kier alpha value is -1.95. The molecule has 1 aromatic heterocycles. The number of rotatable bonds is 8. The number of nitrogens with zero attached hydrogens (tertiary/aromatic N) is 2. The number of nitrogens with one attached hydrogen (secondary N) is 1. The molecule has 1 aromatic rings. The monoisotopic (exact) mass is 347 g/mol. The van der Waals surface area contributed by atoms with E-state index in [2.05, 4.69) is 10.3 Å². The Morgan fingerprint density at radius 2 is 2.16 bits per heavy atom. The molecule has 1 heterocycles. The van der Waals surface area contributed by atoms with E-state index in [1.807, 2.05) is 13.8 Å². The third-order valence-corrected chi connectivity index (χ3v) is 5.10. The molecule has 0 aliphatic heterocycles. The first-order chi connectivity index (χ1) is 12.1. The molecule has 138 valence electrons. The number of aromatic nitrogens is 1. The van der Waals surface area contributed by atoms with Crippen molar-refractivity contribution in [1.82, 2.24) is 10.3 Å². The van der Waals surface area contributed by atoms with Gasteiger partial charge in [-0.25, -0.2) is 0 Å². The van der Waals surface area contributed by atoms with Crippen LogP contribution in [-0.4, -0.2) is 41.1 Å². The summed E-state index contributed by atoms with van der Waals surface area (Å²) in [5, 5.41) is 13.4. The Morgan fingerprint density at radius 3 is 2.76 bits per heavy atom. The van der Waals surface area contributed by atoms with Crippen LogP contribution in [0.15, 0.2) is 18.5 Å². The van der Waals surface area contributed by atoms with Crippen molar-refractivity contribution in [2.45, 2.75) is 64.5 Å². The second kappa shape index (κ2) is 9.51. The smallest absolute Gasteiger partial charge is 0.251 e. The summed E-state index contributed by atoms with van der Waals surface area (Å²) in [6.07, 6.45) is 9.03. The van der Waals surface area contributed by atoms with E-state index >= 15 is 0 Å². The van der Waals surface area contributed by atoms with Gasteiger partial charge in [0.25, 0.3) is 5.91 Å². The molecule has 1 aliphatic rings. The van der Waals surface area contributed by atoms with Crippen molar-refractivity contribution in [2.75, 3.05) is 11.4 Å². The number of carbonyl (C=O) groups is 2. The zero-order valence-corrected chi connectivity index (χ0v) is 15.1. The average molecular weight is 347 g/mol. The number of anilines is 1. The van der Waals surface area contributed by atoms with Crippen LogP contribution >= 0.6 is 0 Å². The lowest BCUT2D eigenvalue weighted by molar-refractivity contribution is -0.130. The van der Waals surface area contributed by atoms with E-state index in [0.29, 0.717) is 31.0 Å². The predicted molar refractivity (Wildman–Crippen MR) is 97.2 cm³/mol. The number of pyridine rings is 1. The molecule has 25 heavy (non-hydrogen) atoms. The molecule has 2 N–H and O–H groups in total. The van der Waals surface area contributed by atoms with Gasteiger partial charge in [0.05, 0.1) is 17.9 Å². The maximum atomic E-state index is 12.4. The Bertz CT molecular complexity index is 573. The number of amides is 2. The molecule has 0 aromatic carbocycles. The molecule has 6 nitrogen and oxygen atoms in total. The van der Waals surface area contributed by atoms with Gasteiger partial charge in [0.15, 0.2) is 6.10 Å². The number of aryl methyl sites for hydroxylation is 1. The number of aliphatic hydroxyl groups is 1. The van der Waals surface area contributed by atoms with Gasteiger partial charge in [-0.1, -0.05) is 26.2 Å². The fourth-order valence-corrected chi connectivity index (χ4v) is 3.53. The minimum atomic E-state index is -1.27. The summed E-state index contributed by atoms with van der Waals surface area (Å²) in [5.41, 5.74) is 1.49. The van der Waals surface area contributed by atoms with Gasteiger partial charge in [0.2, 0.25) is 6.41 Å². The van der Waals surface area contributed by atoms with Crippen molar-refractivity contribution in [3.63, 3.8) is 0 Å². The van der Waals surface area contributed by atoms with E-state index in [1.54, 1.807) is 18.5 Å². The second-order valence-electron chi connectivity index (χ2n) is 6.84. The van der Waals surface area contributed by atoms with Crippen molar-refractivity contribution in [2.24, 2.45) is 5.92 Å². The maximum absolute atomic E-state index is 12.4. The van der Waals surface area contributed by atoms with Crippen LogP contribution in [0.5, 0.6) is 0 Å². The SMILES string of the molecule is CCC(C(O)C(=O)NCC1CCCCC1)N(C=O)c1cnccc1C. The lowest BCUT2D eigenvalue weighted by atomic mass is 9.89. The van der Waals surface area contributed by atoms with Gasteiger partial charge in [-0.2, -0.15) is 0 Å². The Balaban J connectivity index is 2.02. The number of carbonyl (C=O) groups excluding carboxylic acids is 2. The van der Waals surface area contributed by atoms with E-state index in [0.717, 1.165) is 18.4 Å². The van der Waals surface area contributed by atoms with Crippen molar-refractivity contribution < 1.29 is 14.7 Å². The molecule has 0 radical (unpaired) electrons. The van der Waals surface area contributed by atoms with Crippen LogP contribution in [0.25, 0.3) is 0 Å². The highest BCUT2D eigenvalue weighted by Gasteiger charge is 2.31. The number of hydrogen-bond donors (Lipinski definition) is 2. The average Bonchev–Trinajstić information content (AvgIpc) is 2.65. The first-order valence-electron chi connectivity index (χ1n) is 9.18. The summed E-state index contributed by atoms with van der Waals surface area (Å²) in [6, 6.07) is 1.18. The molecular weight excluding hydrogens is 318 g/mol. The van der Waals surface area contributed by atoms with Crippen molar-refractivity contribution in [3.8, 4) is 0 Å². The molecule has 0 bridgehead atoms. The largest absolute Gasteiger partial charge is 0.381 e. The fraction of sp³-hybridized carbons (Fsp3) is 0.632. The van der Waals surface area contributed by atoms with Crippen LogP contribution in [0.1, 0.15) is 51.0 Å². The highest BCUT2D eigenvalue weighted by Crippen LogP contribution is 2.24.